The molecule has 0 saturated heterocycles. The Kier molecular flexibility index (Phi) is 5.40. The Bertz CT molecular complexity index is 847. The van der Waals surface area contributed by atoms with Gasteiger partial charge in [-0.05, 0) is 25.2 Å². The molecule has 6 heteroatoms. The van der Waals surface area contributed by atoms with Crippen LogP contribution in [0.15, 0.2) is 48.5 Å². The zero-order chi connectivity index (χ0) is 17.8. The van der Waals surface area contributed by atoms with Gasteiger partial charge in [-0.3, -0.25) is 9.69 Å². The van der Waals surface area contributed by atoms with Crippen LogP contribution in [0.5, 0.6) is 0 Å². The number of amides is 1. The molecule has 0 aliphatic heterocycles. The summed E-state index contributed by atoms with van der Waals surface area (Å²) in [5.74, 6) is -0.336. The molecule has 1 heterocycles. The lowest BCUT2D eigenvalue weighted by Crippen LogP contribution is -2.36. The van der Waals surface area contributed by atoms with Crippen molar-refractivity contribution in [3.8, 4) is 0 Å². The van der Waals surface area contributed by atoms with Crippen LogP contribution in [0, 0.1) is 5.82 Å². The lowest BCUT2D eigenvalue weighted by Gasteiger charge is -2.21. The van der Waals surface area contributed by atoms with Crippen LogP contribution in [-0.4, -0.2) is 41.3 Å². The zero-order valence-electron chi connectivity index (χ0n) is 14.3. The molecule has 0 N–H and O–H groups in total. The average molecular weight is 357 g/mol. The Hall–Kier alpha value is -2.31. The van der Waals surface area contributed by atoms with Gasteiger partial charge in [0, 0.05) is 19.2 Å². The van der Waals surface area contributed by atoms with Crippen molar-refractivity contribution in [2.24, 2.45) is 0 Å². The average Bonchev–Trinajstić information content (AvgIpc) is 2.98. The number of halogens is 1. The van der Waals surface area contributed by atoms with E-state index in [0.717, 1.165) is 15.2 Å². The van der Waals surface area contributed by atoms with Crippen molar-refractivity contribution in [1.29, 1.82) is 0 Å². The molecule has 25 heavy (non-hydrogen) atoms. The van der Waals surface area contributed by atoms with Crippen LogP contribution in [0.2, 0.25) is 0 Å². The molecule has 0 unspecified atom stereocenters. The summed E-state index contributed by atoms with van der Waals surface area (Å²) < 4.78 is 14.9. The fraction of sp³-hybridized carbons (Fsp3) is 0.263. The van der Waals surface area contributed by atoms with E-state index in [2.05, 4.69) is 4.98 Å². The van der Waals surface area contributed by atoms with Crippen LogP contribution >= 0.6 is 11.3 Å². The van der Waals surface area contributed by atoms with E-state index in [1.807, 2.05) is 36.2 Å². The number of hydrogen-bond acceptors (Lipinski definition) is 4. The largest absolute Gasteiger partial charge is 0.340 e. The number of carbonyl (C=O) groups excluding carboxylic acids is 1. The quantitative estimate of drug-likeness (QED) is 0.677. The molecule has 0 aliphatic carbocycles. The van der Waals surface area contributed by atoms with Gasteiger partial charge in [0.25, 0.3) is 0 Å². The lowest BCUT2D eigenvalue weighted by molar-refractivity contribution is -0.131. The molecular weight excluding hydrogens is 337 g/mol. The maximum Gasteiger partial charge on any atom is 0.236 e. The number of rotatable bonds is 6. The molecule has 0 aliphatic rings. The molecule has 3 rings (SSSR count). The van der Waals surface area contributed by atoms with Gasteiger partial charge in [0.15, 0.2) is 0 Å². The van der Waals surface area contributed by atoms with Crippen LogP contribution in [0.3, 0.4) is 0 Å². The number of likely N-dealkylation sites (N-methyl/N-ethyl adjacent to an activating group) is 2. The van der Waals surface area contributed by atoms with Crippen LogP contribution in [-0.2, 0) is 17.9 Å². The highest BCUT2D eigenvalue weighted by Crippen LogP contribution is 2.22. The van der Waals surface area contributed by atoms with E-state index in [4.69, 9.17) is 0 Å². The summed E-state index contributed by atoms with van der Waals surface area (Å²) >= 11 is 1.64. The van der Waals surface area contributed by atoms with E-state index < -0.39 is 0 Å². The number of hydrogen-bond donors (Lipinski definition) is 0. The summed E-state index contributed by atoms with van der Waals surface area (Å²) in [4.78, 5) is 20.4. The van der Waals surface area contributed by atoms with Gasteiger partial charge in [-0.15, -0.1) is 11.3 Å². The Morgan fingerprint density at radius 1 is 1.08 bits per heavy atom. The van der Waals surface area contributed by atoms with Crippen molar-refractivity contribution < 1.29 is 9.18 Å². The van der Waals surface area contributed by atoms with Gasteiger partial charge in [-0.25, -0.2) is 9.37 Å². The fourth-order valence-corrected chi connectivity index (χ4v) is 3.64. The molecular formula is C19H20FN3OS. The monoisotopic (exact) mass is 357 g/mol. The summed E-state index contributed by atoms with van der Waals surface area (Å²) in [5, 5.41) is 0.980. The number of aromatic nitrogens is 1. The number of nitrogens with zero attached hydrogens (tertiary/aromatic N) is 3. The second kappa shape index (κ2) is 7.72. The van der Waals surface area contributed by atoms with Crippen LogP contribution in [0.4, 0.5) is 4.39 Å². The van der Waals surface area contributed by atoms with Crippen molar-refractivity contribution in [2.45, 2.75) is 13.1 Å². The molecule has 0 fully saturated rings. The van der Waals surface area contributed by atoms with Crippen molar-refractivity contribution >= 4 is 27.5 Å². The van der Waals surface area contributed by atoms with Crippen molar-refractivity contribution in [2.75, 3.05) is 20.6 Å². The van der Waals surface area contributed by atoms with Gasteiger partial charge < -0.3 is 4.90 Å². The number of para-hydroxylation sites is 1. The molecule has 130 valence electrons. The highest BCUT2D eigenvalue weighted by atomic mass is 32.1. The second-order valence-corrected chi connectivity index (χ2v) is 7.20. The molecule has 1 aromatic heterocycles. The first-order valence-corrected chi connectivity index (χ1v) is 8.85. The topological polar surface area (TPSA) is 36.4 Å². The molecule has 0 saturated carbocycles. The number of fused-ring (bicyclic) bond motifs is 1. The minimum absolute atomic E-state index is 0.0492. The van der Waals surface area contributed by atoms with Gasteiger partial charge in [0.1, 0.15) is 10.8 Å². The van der Waals surface area contributed by atoms with Crippen LogP contribution in [0.25, 0.3) is 10.2 Å². The first-order valence-electron chi connectivity index (χ1n) is 8.03. The normalized spacial score (nSPS) is 11.2. The minimum Gasteiger partial charge on any atom is -0.340 e. The van der Waals surface area contributed by atoms with Crippen molar-refractivity contribution in [3.63, 3.8) is 0 Å². The second-order valence-electron chi connectivity index (χ2n) is 6.09. The third-order valence-corrected chi connectivity index (χ3v) is 4.96. The Labute approximate surface area is 150 Å². The van der Waals surface area contributed by atoms with Crippen molar-refractivity contribution in [3.05, 3.63) is 64.9 Å². The molecule has 0 bridgehead atoms. The zero-order valence-corrected chi connectivity index (χ0v) is 15.1. The third-order valence-electron chi connectivity index (χ3n) is 3.94. The summed E-state index contributed by atoms with van der Waals surface area (Å²) in [6.07, 6.45) is 0. The smallest absolute Gasteiger partial charge is 0.236 e. The number of benzene rings is 2. The summed E-state index contributed by atoms with van der Waals surface area (Å²) in [6.45, 7) is 1.14. The Morgan fingerprint density at radius 3 is 2.56 bits per heavy atom. The first kappa shape index (κ1) is 17.5. The molecule has 3 aromatic rings. The number of carbonyl (C=O) groups is 1. The SMILES string of the molecule is CN(CC(=O)N(C)Cc1ccccc1F)Cc1nc2ccccc2s1. The van der Waals surface area contributed by atoms with E-state index in [-0.39, 0.29) is 24.8 Å². The summed E-state index contributed by atoms with van der Waals surface area (Å²) in [7, 11) is 3.58. The standard InChI is InChI=1S/C19H20FN3OS/c1-22(12-18-21-16-9-5-6-10-17(16)25-18)13-19(24)23(2)11-14-7-3-4-8-15(14)20/h3-10H,11-13H2,1-2H3. The molecule has 4 nitrogen and oxygen atoms in total. The number of thiazole rings is 1. The third kappa shape index (κ3) is 4.41. The highest BCUT2D eigenvalue weighted by Gasteiger charge is 2.15. The molecule has 0 atom stereocenters. The van der Waals surface area contributed by atoms with E-state index in [0.29, 0.717) is 12.1 Å². The van der Waals surface area contributed by atoms with Crippen LogP contribution < -0.4 is 0 Å². The maximum atomic E-state index is 13.7. The van der Waals surface area contributed by atoms with Gasteiger partial charge in [-0.1, -0.05) is 30.3 Å². The van der Waals surface area contributed by atoms with Gasteiger partial charge in [0.2, 0.25) is 5.91 Å². The lowest BCUT2D eigenvalue weighted by atomic mass is 10.2. The van der Waals surface area contributed by atoms with Crippen molar-refractivity contribution in [1.82, 2.24) is 14.8 Å². The van der Waals surface area contributed by atoms with Crippen LogP contribution in [0.1, 0.15) is 10.6 Å². The van der Waals surface area contributed by atoms with Gasteiger partial charge in [-0.2, -0.15) is 0 Å². The predicted molar refractivity (Wildman–Crippen MR) is 98.8 cm³/mol. The predicted octanol–water partition coefficient (Wildman–Crippen LogP) is 3.53. The molecule has 2 aromatic carbocycles. The molecule has 0 radical (unpaired) electrons. The molecule has 0 spiro atoms. The first-order chi connectivity index (χ1) is 12.0. The minimum atomic E-state index is -0.287. The molecule has 1 amide bonds. The maximum absolute atomic E-state index is 13.7. The van der Waals surface area contributed by atoms with E-state index in [1.165, 1.54) is 6.07 Å². The van der Waals surface area contributed by atoms with E-state index >= 15 is 0 Å². The Balaban J connectivity index is 1.57. The van der Waals surface area contributed by atoms with E-state index in [9.17, 15) is 9.18 Å². The summed E-state index contributed by atoms with van der Waals surface area (Å²) in [6, 6.07) is 14.5. The summed E-state index contributed by atoms with van der Waals surface area (Å²) in [5.41, 5.74) is 1.51. The van der Waals surface area contributed by atoms with Gasteiger partial charge >= 0.3 is 0 Å². The highest BCUT2D eigenvalue weighted by molar-refractivity contribution is 7.18. The van der Waals surface area contributed by atoms with E-state index in [1.54, 1.807) is 41.5 Å². The Morgan fingerprint density at radius 2 is 1.80 bits per heavy atom. The van der Waals surface area contributed by atoms with Gasteiger partial charge in [0.05, 0.1) is 23.3 Å². The fourth-order valence-electron chi connectivity index (χ4n) is 2.60.